The number of hydrogen-bond donors (Lipinski definition) is 0. The highest BCUT2D eigenvalue weighted by molar-refractivity contribution is 6.36. The van der Waals surface area contributed by atoms with Crippen LogP contribution in [0.2, 0.25) is 10.0 Å². The van der Waals surface area contributed by atoms with Crippen molar-refractivity contribution in [2.75, 3.05) is 45.8 Å². The van der Waals surface area contributed by atoms with Crippen LogP contribution in [-0.4, -0.2) is 72.3 Å². The minimum absolute atomic E-state index is 0.114. The minimum atomic E-state index is -0.114. The Kier molecular flexibility index (Phi) is 7.54. The van der Waals surface area contributed by atoms with Crippen LogP contribution >= 0.6 is 23.2 Å². The Morgan fingerprint density at radius 2 is 1.64 bits per heavy atom. The van der Waals surface area contributed by atoms with E-state index in [1.807, 2.05) is 4.90 Å². The number of piperazine rings is 1. The minimum Gasteiger partial charge on any atom is -0.339 e. The second-order valence-corrected chi connectivity index (χ2v) is 6.92. The Labute approximate surface area is 159 Å². The molecule has 5 nitrogen and oxygen atoms in total. The normalized spacial score (nSPS) is 14.9. The predicted octanol–water partition coefficient (Wildman–Crippen LogP) is 3.01. The van der Waals surface area contributed by atoms with Crippen molar-refractivity contribution in [3.8, 4) is 0 Å². The van der Waals surface area contributed by atoms with E-state index in [2.05, 4.69) is 18.7 Å². The Morgan fingerprint density at radius 3 is 2.20 bits per heavy atom. The second-order valence-electron chi connectivity index (χ2n) is 6.07. The first-order valence-electron chi connectivity index (χ1n) is 8.70. The average Bonchev–Trinajstić information content (AvgIpc) is 2.62. The van der Waals surface area contributed by atoms with E-state index < -0.39 is 0 Å². The lowest BCUT2D eigenvalue weighted by atomic mass is 10.1. The molecule has 0 radical (unpaired) electrons. The van der Waals surface area contributed by atoms with Gasteiger partial charge in [-0.2, -0.15) is 0 Å². The van der Waals surface area contributed by atoms with Crippen molar-refractivity contribution in [1.82, 2.24) is 14.7 Å². The first-order valence-corrected chi connectivity index (χ1v) is 9.46. The molecule has 0 atom stereocenters. The molecule has 0 aliphatic carbocycles. The molecule has 1 aromatic carbocycles. The molecule has 2 amide bonds. The molecule has 0 saturated carbocycles. The highest BCUT2D eigenvalue weighted by Gasteiger charge is 2.25. The van der Waals surface area contributed by atoms with Crippen molar-refractivity contribution in [3.63, 3.8) is 0 Å². The Balaban J connectivity index is 1.86. The van der Waals surface area contributed by atoms with E-state index in [0.717, 1.165) is 19.6 Å². The summed E-state index contributed by atoms with van der Waals surface area (Å²) in [6.07, 6.45) is 0.526. The van der Waals surface area contributed by atoms with Crippen molar-refractivity contribution in [1.29, 1.82) is 0 Å². The van der Waals surface area contributed by atoms with Crippen LogP contribution in [0.15, 0.2) is 18.2 Å². The summed E-state index contributed by atoms with van der Waals surface area (Å²) >= 11 is 12.0. The zero-order valence-corrected chi connectivity index (χ0v) is 16.3. The monoisotopic (exact) mass is 385 g/mol. The molecular weight excluding hydrogens is 361 g/mol. The van der Waals surface area contributed by atoms with Gasteiger partial charge >= 0.3 is 0 Å². The van der Waals surface area contributed by atoms with Gasteiger partial charge in [0.25, 0.3) is 5.91 Å². The summed E-state index contributed by atoms with van der Waals surface area (Å²) in [7, 11) is 0. The van der Waals surface area contributed by atoms with E-state index in [-0.39, 0.29) is 11.8 Å². The molecule has 1 aliphatic rings. The number of nitrogens with zero attached hydrogens (tertiary/aromatic N) is 3. The van der Waals surface area contributed by atoms with Gasteiger partial charge in [-0.25, -0.2) is 0 Å². The van der Waals surface area contributed by atoms with Crippen molar-refractivity contribution < 1.29 is 9.59 Å². The van der Waals surface area contributed by atoms with Crippen LogP contribution in [0.3, 0.4) is 0 Å². The molecular formula is C18H25Cl2N3O2. The van der Waals surface area contributed by atoms with Crippen LogP contribution in [0.4, 0.5) is 0 Å². The third kappa shape index (κ3) is 5.33. The fourth-order valence-corrected chi connectivity index (χ4v) is 3.43. The van der Waals surface area contributed by atoms with Crippen LogP contribution in [0.25, 0.3) is 0 Å². The topological polar surface area (TPSA) is 43.9 Å². The number of carbonyl (C=O) groups excluding carboxylic acids is 2. The number of halogens is 2. The van der Waals surface area contributed by atoms with Gasteiger partial charge < -0.3 is 14.7 Å². The molecule has 0 unspecified atom stereocenters. The molecule has 1 saturated heterocycles. The van der Waals surface area contributed by atoms with Crippen LogP contribution in [-0.2, 0) is 4.79 Å². The standard InChI is InChI=1S/C18H25Cl2N3O2/c1-3-21(4-2)8-7-17(24)22-9-11-23(12-10-22)18(25)15-6-5-14(19)13-16(15)20/h5-6,13H,3-4,7-12H2,1-2H3. The van der Waals surface area contributed by atoms with Gasteiger partial charge in [0.15, 0.2) is 0 Å². The van der Waals surface area contributed by atoms with Gasteiger partial charge in [-0.1, -0.05) is 37.0 Å². The van der Waals surface area contributed by atoms with Crippen LogP contribution in [0, 0.1) is 0 Å². The van der Waals surface area contributed by atoms with Crippen molar-refractivity contribution in [3.05, 3.63) is 33.8 Å². The largest absolute Gasteiger partial charge is 0.339 e. The third-order valence-corrected chi connectivity index (χ3v) is 5.17. The summed E-state index contributed by atoms with van der Waals surface area (Å²) in [5.41, 5.74) is 0.451. The molecule has 0 bridgehead atoms. The Bertz CT molecular complexity index is 612. The van der Waals surface area contributed by atoms with E-state index in [1.165, 1.54) is 0 Å². The summed E-state index contributed by atoms with van der Waals surface area (Å²) in [4.78, 5) is 30.7. The number of hydrogen-bond acceptors (Lipinski definition) is 3. The Morgan fingerprint density at radius 1 is 1.04 bits per heavy atom. The highest BCUT2D eigenvalue weighted by Crippen LogP contribution is 2.22. The molecule has 7 heteroatoms. The molecule has 1 aliphatic heterocycles. The van der Waals surface area contributed by atoms with Crippen molar-refractivity contribution in [2.45, 2.75) is 20.3 Å². The molecule has 2 rings (SSSR count). The maximum Gasteiger partial charge on any atom is 0.255 e. The molecule has 25 heavy (non-hydrogen) atoms. The quantitative estimate of drug-likeness (QED) is 0.755. The summed E-state index contributed by atoms with van der Waals surface area (Å²) in [5, 5.41) is 0.861. The summed E-state index contributed by atoms with van der Waals surface area (Å²) < 4.78 is 0. The smallest absolute Gasteiger partial charge is 0.255 e. The van der Waals surface area contributed by atoms with Crippen LogP contribution in [0.5, 0.6) is 0 Å². The van der Waals surface area contributed by atoms with Crippen molar-refractivity contribution >= 4 is 35.0 Å². The number of amides is 2. The molecule has 0 aromatic heterocycles. The predicted molar refractivity (Wildman–Crippen MR) is 101 cm³/mol. The lowest BCUT2D eigenvalue weighted by molar-refractivity contribution is -0.133. The van der Waals surface area contributed by atoms with E-state index in [1.54, 1.807) is 23.1 Å². The summed E-state index contributed by atoms with van der Waals surface area (Å²) in [6.45, 7) is 9.05. The first kappa shape index (κ1) is 20.0. The summed E-state index contributed by atoms with van der Waals surface area (Å²) in [5.74, 6) is 0.0421. The molecule has 0 spiro atoms. The molecule has 1 aromatic rings. The summed E-state index contributed by atoms with van der Waals surface area (Å²) in [6, 6.07) is 4.88. The number of benzene rings is 1. The zero-order valence-electron chi connectivity index (χ0n) is 14.8. The highest BCUT2D eigenvalue weighted by atomic mass is 35.5. The zero-order chi connectivity index (χ0) is 18.4. The first-order chi connectivity index (χ1) is 12.0. The van der Waals surface area contributed by atoms with E-state index in [0.29, 0.717) is 48.2 Å². The fraction of sp³-hybridized carbons (Fsp3) is 0.556. The molecule has 0 N–H and O–H groups in total. The maximum atomic E-state index is 12.6. The van der Waals surface area contributed by atoms with Gasteiger partial charge in [0, 0.05) is 44.2 Å². The van der Waals surface area contributed by atoms with E-state index in [4.69, 9.17) is 23.2 Å². The van der Waals surface area contributed by atoms with Crippen LogP contribution < -0.4 is 0 Å². The second kappa shape index (κ2) is 9.41. The molecule has 1 fully saturated rings. The van der Waals surface area contributed by atoms with Gasteiger partial charge in [-0.05, 0) is 31.3 Å². The van der Waals surface area contributed by atoms with Gasteiger partial charge in [0.1, 0.15) is 0 Å². The lowest BCUT2D eigenvalue weighted by Crippen LogP contribution is -2.51. The maximum absolute atomic E-state index is 12.6. The third-order valence-electron chi connectivity index (χ3n) is 4.62. The van der Waals surface area contributed by atoms with Gasteiger partial charge in [0.05, 0.1) is 10.6 Å². The van der Waals surface area contributed by atoms with Crippen LogP contribution in [0.1, 0.15) is 30.6 Å². The Hall–Kier alpha value is -1.30. The average molecular weight is 386 g/mol. The van der Waals surface area contributed by atoms with Gasteiger partial charge in [0.2, 0.25) is 5.91 Å². The number of rotatable bonds is 6. The fourth-order valence-electron chi connectivity index (χ4n) is 2.94. The number of carbonyl (C=O) groups is 2. The van der Waals surface area contributed by atoms with Crippen molar-refractivity contribution in [2.24, 2.45) is 0 Å². The molecule has 138 valence electrons. The SMILES string of the molecule is CCN(CC)CCC(=O)N1CCN(C(=O)c2ccc(Cl)cc2Cl)CC1. The van der Waals surface area contributed by atoms with Gasteiger partial charge in [-0.3, -0.25) is 9.59 Å². The molecule has 1 heterocycles. The van der Waals surface area contributed by atoms with Gasteiger partial charge in [-0.15, -0.1) is 0 Å². The van der Waals surface area contributed by atoms with E-state index in [9.17, 15) is 9.59 Å². The lowest BCUT2D eigenvalue weighted by Gasteiger charge is -2.35. The van der Waals surface area contributed by atoms with E-state index >= 15 is 0 Å².